The SMILES string of the molecule is Cc1ccc(-c2ccc([C@H]3[C@@H](c4ccccn4)NC(=S)N3c3ccc(NS(C)(=O)=O)c(C)c3)o2)cc1Cl. The maximum absolute atomic E-state index is 11.8. The van der Waals surface area contributed by atoms with Crippen molar-refractivity contribution in [3.05, 3.63) is 101 Å². The molecule has 0 saturated carbocycles. The third-order valence-electron chi connectivity index (χ3n) is 6.26. The predicted octanol–water partition coefficient (Wildman–Crippen LogP) is 6.16. The summed E-state index contributed by atoms with van der Waals surface area (Å²) >= 11 is 12.2. The number of aromatic nitrogens is 1. The molecule has 37 heavy (non-hydrogen) atoms. The third-order valence-corrected chi connectivity index (χ3v) is 7.57. The molecule has 7 nitrogen and oxygen atoms in total. The first kappa shape index (κ1) is 25.3. The molecule has 0 unspecified atom stereocenters. The molecule has 10 heteroatoms. The number of aryl methyl sites for hydroxylation is 2. The number of nitrogens with one attached hydrogen (secondary N) is 2. The molecule has 0 amide bonds. The Morgan fingerprint density at radius 3 is 2.54 bits per heavy atom. The van der Waals surface area contributed by atoms with E-state index in [-0.39, 0.29) is 12.1 Å². The molecular weight excluding hydrogens is 528 g/mol. The monoisotopic (exact) mass is 552 g/mol. The van der Waals surface area contributed by atoms with Crippen LogP contribution in [0.1, 0.15) is 34.7 Å². The largest absolute Gasteiger partial charge is 0.459 e. The summed E-state index contributed by atoms with van der Waals surface area (Å²) < 4.78 is 32.5. The first-order valence-electron chi connectivity index (χ1n) is 11.6. The quantitative estimate of drug-likeness (QED) is 0.277. The molecule has 2 aromatic heterocycles. The summed E-state index contributed by atoms with van der Waals surface area (Å²) in [6, 6.07) is 20.3. The smallest absolute Gasteiger partial charge is 0.229 e. The standard InChI is InChI=1S/C27H25ClN4O3S2/c1-16-7-8-18(15-20(16)28)23-11-12-24(35-23)26-25(22-6-4-5-13-29-22)30-27(36)32(26)19-9-10-21(17(2)14-19)31-37(3,33)34/h4-15,25-26,31H,1-3H3,(H,30,36)/t25-,26+/m1/s1. The van der Waals surface area contributed by atoms with Crippen LogP contribution in [0.25, 0.3) is 11.3 Å². The number of thiocarbonyl (C=S) groups is 1. The Morgan fingerprint density at radius 2 is 1.86 bits per heavy atom. The minimum absolute atomic E-state index is 0.275. The Morgan fingerprint density at radius 1 is 1.05 bits per heavy atom. The number of halogens is 1. The number of nitrogens with zero attached hydrogens (tertiary/aromatic N) is 2. The van der Waals surface area contributed by atoms with Crippen molar-refractivity contribution in [1.82, 2.24) is 10.3 Å². The molecule has 190 valence electrons. The number of rotatable bonds is 6. The van der Waals surface area contributed by atoms with Crippen molar-refractivity contribution in [3.8, 4) is 11.3 Å². The summed E-state index contributed by atoms with van der Waals surface area (Å²) in [5, 5.41) is 4.59. The summed E-state index contributed by atoms with van der Waals surface area (Å²) in [6.07, 6.45) is 2.88. The fourth-order valence-corrected chi connectivity index (χ4v) is 5.60. The van der Waals surface area contributed by atoms with E-state index in [1.54, 1.807) is 12.3 Å². The number of anilines is 2. The number of benzene rings is 2. The zero-order chi connectivity index (χ0) is 26.3. The van der Waals surface area contributed by atoms with Gasteiger partial charge >= 0.3 is 0 Å². The van der Waals surface area contributed by atoms with Gasteiger partial charge in [-0.2, -0.15) is 0 Å². The van der Waals surface area contributed by atoms with Gasteiger partial charge in [0.1, 0.15) is 17.6 Å². The van der Waals surface area contributed by atoms with Gasteiger partial charge in [0.05, 0.1) is 23.7 Å². The van der Waals surface area contributed by atoms with E-state index in [4.69, 9.17) is 28.2 Å². The fourth-order valence-electron chi connectivity index (χ4n) is 4.45. The highest BCUT2D eigenvalue weighted by Crippen LogP contribution is 2.43. The van der Waals surface area contributed by atoms with Crippen molar-refractivity contribution in [2.75, 3.05) is 15.9 Å². The van der Waals surface area contributed by atoms with Crippen molar-refractivity contribution in [2.45, 2.75) is 25.9 Å². The first-order chi connectivity index (χ1) is 17.6. The van der Waals surface area contributed by atoms with Crippen LogP contribution in [0.5, 0.6) is 0 Å². The van der Waals surface area contributed by atoms with E-state index < -0.39 is 10.0 Å². The topological polar surface area (TPSA) is 87.5 Å². The number of sulfonamides is 1. The van der Waals surface area contributed by atoms with Crippen LogP contribution in [0.2, 0.25) is 5.02 Å². The molecule has 2 aromatic carbocycles. The second-order valence-corrected chi connectivity index (χ2v) is 11.6. The lowest BCUT2D eigenvalue weighted by molar-refractivity contribution is 0.439. The molecule has 1 aliphatic rings. The highest BCUT2D eigenvalue weighted by molar-refractivity contribution is 7.92. The average Bonchev–Trinajstić information content (AvgIpc) is 3.46. The van der Waals surface area contributed by atoms with Gasteiger partial charge in [0, 0.05) is 22.5 Å². The molecule has 0 spiro atoms. The van der Waals surface area contributed by atoms with Crippen molar-refractivity contribution >= 4 is 50.3 Å². The van der Waals surface area contributed by atoms with Gasteiger partial charge in [0.15, 0.2) is 5.11 Å². The lowest BCUT2D eigenvalue weighted by Gasteiger charge is -2.26. The Hall–Kier alpha value is -3.40. The Bertz CT molecular complexity index is 1590. The Labute approximate surface area is 226 Å². The predicted molar refractivity (Wildman–Crippen MR) is 151 cm³/mol. The number of hydrogen-bond acceptors (Lipinski definition) is 5. The van der Waals surface area contributed by atoms with Crippen LogP contribution in [0.3, 0.4) is 0 Å². The molecule has 4 aromatic rings. The van der Waals surface area contributed by atoms with Crippen molar-refractivity contribution in [3.63, 3.8) is 0 Å². The van der Waals surface area contributed by atoms with E-state index in [2.05, 4.69) is 15.0 Å². The van der Waals surface area contributed by atoms with Crippen LogP contribution in [-0.4, -0.2) is 24.8 Å². The normalized spacial score (nSPS) is 17.6. The second kappa shape index (κ2) is 9.81. The minimum atomic E-state index is -3.40. The molecule has 1 aliphatic heterocycles. The van der Waals surface area contributed by atoms with E-state index in [0.29, 0.717) is 27.3 Å². The zero-order valence-electron chi connectivity index (χ0n) is 20.4. The number of furan rings is 1. The van der Waals surface area contributed by atoms with Crippen molar-refractivity contribution in [1.29, 1.82) is 0 Å². The van der Waals surface area contributed by atoms with Crippen molar-refractivity contribution < 1.29 is 12.8 Å². The van der Waals surface area contributed by atoms with Crippen LogP contribution in [-0.2, 0) is 10.0 Å². The van der Waals surface area contributed by atoms with E-state index in [1.807, 2.05) is 79.4 Å². The molecule has 2 atom stereocenters. The van der Waals surface area contributed by atoms with Gasteiger partial charge in [0.25, 0.3) is 0 Å². The summed E-state index contributed by atoms with van der Waals surface area (Å²) in [5.74, 6) is 1.39. The first-order valence-corrected chi connectivity index (χ1v) is 14.2. The van der Waals surface area contributed by atoms with E-state index in [0.717, 1.165) is 34.3 Å². The molecule has 0 radical (unpaired) electrons. The molecule has 5 rings (SSSR count). The zero-order valence-corrected chi connectivity index (χ0v) is 22.8. The van der Waals surface area contributed by atoms with Gasteiger partial charge in [-0.25, -0.2) is 8.42 Å². The lowest BCUT2D eigenvalue weighted by atomic mass is 10.0. The van der Waals surface area contributed by atoms with E-state index >= 15 is 0 Å². The highest BCUT2D eigenvalue weighted by atomic mass is 35.5. The molecule has 3 heterocycles. The molecule has 1 fully saturated rings. The van der Waals surface area contributed by atoms with Crippen LogP contribution < -0.4 is 14.9 Å². The summed E-state index contributed by atoms with van der Waals surface area (Å²) in [5.41, 5.74) is 4.77. The van der Waals surface area contributed by atoms with Gasteiger partial charge in [-0.3, -0.25) is 9.71 Å². The summed E-state index contributed by atoms with van der Waals surface area (Å²) in [6.45, 7) is 3.81. The molecule has 0 bridgehead atoms. The van der Waals surface area contributed by atoms with Gasteiger partial charge in [-0.1, -0.05) is 29.8 Å². The van der Waals surface area contributed by atoms with Gasteiger partial charge in [-0.15, -0.1) is 0 Å². The van der Waals surface area contributed by atoms with Crippen LogP contribution in [0.15, 0.2) is 77.3 Å². The lowest BCUT2D eigenvalue weighted by Crippen LogP contribution is -2.29. The fraction of sp³-hybridized carbons (Fsp3) is 0.185. The highest BCUT2D eigenvalue weighted by Gasteiger charge is 2.42. The number of hydrogen-bond donors (Lipinski definition) is 2. The van der Waals surface area contributed by atoms with Crippen LogP contribution in [0, 0.1) is 13.8 Å². The molecule has 0 aliphatic carbocycles. The summed E-state index contributed by atoms with van der Waals surface area (Å²) in [4.78, 5) is 6.56. The number of pyridine rings is 1. The summed E-state index contributed by atoms with van der Waals surface area (Å²) in [7, 11) is -3.40. The third kappa shape index (κ3) is 5.20. The van der Waals surface area contributed by atoms with Gasteiger partial charge < -0.3 is 14.6 Å². The average molecular weight is 553 g/mol. The Balaban J connectivity index is 1.58. The Kier molecular flexibility index (Phi) is 6.70. The van der Waals surface area contributed by atoms with Gasteiger partial charge in [-0.05, 0) is 85.7 Å². The van der Waals surface area contributed by atoms with Crippen LogP contribution >= 0.6 is 23.8 Å². The van der Waals surface area contributed by atoms with Gasteiger partial charge in [0.2, 0.25) is 10.0 Å². The van der Waals surface area contributed by atoms with E-state index in [9.17, 15) is 8.42 Å². The maximum Gasteiger partial charge on any atom is 0.229 e. The molecular formula is C27H25ClN4O3S2. The van der Waals surface area contributed by atoms with E-state index in [1.165, 1.54) is 0 Å². The second-order valence-electron chi connectivity index (χ2n) is 9.04. The molecule has 2 N–H and O–H groups in total. The maximum atomic E-state index is 11.8. The molecule has 1 saturated heterocycles. The minimum Gasteiger partial charge on any atom is -0.459 e. The van der Waals surface area contributed by atoms with Crippen LogP contribution in [0.4, 0.5) is 11.4 Å². The van der Waals surface area contributed by atoms with Crippen molar-refractivity contribution in [2.24, 2.45) is 0 Å².